The minimum absolute atomic E-state index is 0. The number of carboxylic acids is 1. The maximum absolute atomic E-state index is 12.7. The molecule has 0 spiro atoms. The molecule has 1 aliphatic heterocycles. The fourth-order valence-electron chi connectivity index (χ4n) is 3.03. The number of nitrogens with one attached hydrogen (secondary N) is 2. The molecule has 5 N–H and O–H groups in total. The predicted octanol–water partition coefficient (Wildman–Crippen LogP) is 3.61. The number of halogens is 3. The lowest BCUT2D eigenvalue weighted by Crippen LogP contribution is -2.41. The molecule has 9 heteroatoms. The van der Waals surface area contributed by atoms with Crippen LogP contribution >= 0.6 is 35.6 Å². The van der Waals surface area contributed by atoms with Gasteiger partial charge in [0, 0.05) is 39.8 Å². The topological polar surface area (TPSA) is 104 Å². The van der Waals surface area contributed by atoms with Crippen molar-refractivity contribution in [3.63, 3.8) is 0 Å². The molecule has 0 unspecified atom stereocenters. The Morgan fingerprint density at radius 3 is 2.67 bits per heavy atom. The van der Waals surface area contributed by atoms with Gasteiger partial charge in [-0.15, -0.1) is 12.4 Å². The summed E-state index contributed by atoms with van der Waals surface area (Å²) in [5.74, 6) is -1.34. The lowest BCUT2D eigenvalue weighted by Gasteiger charge is -2.32. The highest BCUT2D eigenvalue weighted by molar-refractivity contribution is 6.35. The lowest BCUT2D eigenvalue weighted by molar-refractivity contribution is -0.138. The average Bonchev–Trinajstić information content (AvgIpc) is 2.60. The number of carbonyl (C=O) groups excluding carboxylic acids is 1. The minimum atomic E-state index is -1.02. The molecule has 1 heterocycles. The molecule has 2 atom stereocenters. The van der Waals surface area contributed by atoms with E-state index in [1.807, 2.05) is 6.07 Å². The SMILES string of the molecule is Cl.NCc1cccc(C(=O)N[C@@H]2C[C@@H](C(=O)O)Nc3cc(Cl)cc(Cl)c32)c1. The molecule has 2 aromatic carbocycles. The van der Waals surface area contributed by atoms with Gasteiger partial charge in [-0.2, -0.15) is 0 Å². The van der Waals surface area contributed by atoms with Crippen molar-refractivity contribution < 1.29 is 14.7 Å². The number of hydrogen-bond donors (Lipinski definition) is 4. The second-order valence-electron chi connectivity index (χ2n) is 6.05. The van der Waals surface area contributed by atoms with Crippen molar-refractivity contribution in [2.75, 3.05) is 5.32 Å². The van der Waals surface area contributed by atoms with Gasteiger partial charge >= 0.3 is 5.97 Å². The molecule has 1 amide bonds. The summed E-state index contributed by atoms with van der Waals surface area (Å²) in [5.41, 5.74) is 8.02. The molecule has 0 aliphatic carbocycles. The van der Waals surface area contributed by atoms with E-state index in [1.165, 1.54) is 0 Å². The Labute approximate surface area is 172 Å². The number of anilines is 1. The standard InChI is InChI=1S/C18H17Cl2N3O3.ClH/c19-11-5-12(20)16-13(6-11)22-15(18(25)26)7-14(16)23-17(24)10-3-1-2-9(4-10)8-21;/h1-6,14-15,22H,7-8,21H2,(H,23,24)(H,25,26);1H/t14-,15+;/m1./s1. The van der Waals surface area contributed by atoms with Crippen molar-refractivity contribution >= 4 is 53.2 Å². The van der Waals surface area contributed by atoms with E-state index in [0.717, 1.165) is 5.56 Å². The van der Waals surface area contributed by atoms with Gasteiger partial charge in [0.1, 0.15) is 6.04 Å². The molecule has 2 aromatic rings. The van der Waals surface area contributed by atoms with Gasteiger partial charge in [0.25, 0.3) is 5.91 Å². The summed E-state index contributed by atoms with van der Waals surface area (Å²) in [6, 6.07) is 8.70. The van der Waals surface area contributed by atoms with E-state index in [9.17, 15) is 14.7 Å². The van der Waals surface area contributed by atoms with E-state index in [2.05, 4.69) is 10.6 Å². The number of aliphatic carboxylic acids is 1. The Bertz CT molecular complexity index is 876. The van der Waals surface area contributed by atoms with Gasteiger partial charge in [0.05, 0.1) is 6.04 Å². The first-order valence-electron chi connectivity index (χ1n) is 7.97. The van der Waals surface area contributed by atoms with Crippen LogP contribution in [0.4, 0.5) is 5.69 Å². The van der Waals surface area contributed by atoms with Crippen LogP contribution in [0.15, 0.2) is 36.4 Å². The zero-order valence-electron chi connectivity index (χ0n) is 14.0. The molecular weight excluding hydrogens is 413 g/mol. The van der Waals surface area contributed by atoms with Crippen molar-refractivity contribution in [1.82, 2.24) is 5.32 Å². The number of amides is 1. The van der Waals surface area contributed by atoms with Gasteiger partial charge < -0.3 is 21.5 Å². The molecule has 0 fully saturated rings. The number of carboxylic acid groups (broad SMARTS) is 1. The quantitative estimate of drug-likeness (QED) is 0.593. The number of nitrogens with two attached hydrogens (primary N) is 1. The van der Waals surface area contributed by atoms with E-state index >= 15 is 0 Å². The highest BCUT2D eigenvalue weighted by Gasteiger charge is 2.33. The largest absolute Gasteiger partial charge is 0.480 e. The number of carbonyl (C=O) groups is 2. The molecule has 27 heavy (non-hydrogen) atoms. The van der Waals surface area contributed by atoms with Crippen molar-refractivity contribution in [3.05, 3.63) is 63.1 Å². The Morgan fingerprint density at radius 2 is 2.00 bits per heavy atom. The molecule has 144 valence electrons. The Morgan fingerprint density at radius 1 is 1.26 bits per heavy atom. The van der Waals surface area contributed by atoms with Crippen molar-refractivity contribution in [3.8, 4) is 0 Å². The summed E-state index contributed by atoms with van der Waals surface area (Å²) >= 11 is 12.3. The third-order valence-corrected chi connectivity index (χ3v) is 4.80. The maximum atomic E-state index is 12.7. The Kier molecular flexibility index (Phi) is 6.95. The van der Waals surface area contributed by atoms with Crippen molar-refractivity contribution in [1.29, 1.82) is 0 Å². The molecule has 0 saturated heterocycles. The molecule has 0 bridgehead atoms. The van der Waals surface area contributed by atoms with Crippen LogP contribution in [-0.2, 0) is 11.3 Å². The van der Waals surface area contributed by atoms with Gasteiger partial charge in [-0.05, 0) is 29.8 Å². The number of hydrogen-bond acceptors (Lipinski definition) is 4. The van der Waals surface area contributed by atoms with Crippen LogP contribution < -0.4 is 16.4 Å². The first-order valence-corrected chi connectivity index (χ1v) is 8.72. The first-order chi connectivity index (χ1) is 12.4. The molecule has 3 rings (SSSR count). The zero-order chi connectivity index (χ0) is 18.8. The summed E-state index contributed by atoms with van der Waals surface area (Å²) in [7, 11) is 0. The molecule has 0 radical (unpaired) electrons. The zero-order valence-corrected chi connectivity index (χ0v) is 16.4. The molecule has 1 aliphatic rings. The third-order valence-electron chi connectivity index (χ3n) is 4.27. The van der Waals surface area contributed by atoms with Crippen LogP contribution in [-0.4, -0.2) is 23.0 Å². The van der Waals surface area contributed by atoms with Crippen LogP contribution in [0.3, 0.4) is 0 Å². The monoisotopic (exact) mass is 429 g/mol. The second-order valence-corrected chi connectivity index (χ2v) is 6.89. The van der Waals surface area contributed by atoms with Crippen LogP contribution in [0, 0.1) is 0 Å². The van der Waals surface area contributed by atoms with E-state index < -0.39 is 18.1 Å². The number of benzene rings is 2. The third kappa shape index (κ3) is 4.65. The van der Waals surface area contributed by atoms with E-state index in [4.69, 9.17) is 28.9 Å². The fourth-order valence-corrected chi connectivity index (χ4v) is 3.66. The van der Waals surface area contributed by atoms with Gasteiger partial charge in [-0.25, -0.2) is 4.79 Å². The predicted molar refractivity (Wildman–Crippen MR) is 108 cm³/mol. The van der Waals surface area contributed by atoms with Crippen LogP contribution in [0.25, 0.3) is 0 Å². The van der Waals surface area contributed by atoms with Crippen LogP contribution in [0.2, 0.25) is 10.0 Å². The van der Waals surface area contributed by atoms with Gasteiger partial charge in [-0.3, -0.25) is 4.79 Å². The molecular formula is C18H18Cl3N3O3. The normalized spacial score (nSPS) is 17.9. The Hall–Kier alpha value is -1.99. The number of rotatable bonds is 4. The maximum Gasteiger partial charge on any atom is 0.326 e. The van der Waals surface area contributed by atoms with E-state index in [1.54, 1.807) is 30.3 Å². The summed E-state index contributed by atoms with van der Waals surface area (Å²) in [6.45, 7) is 0.322. The lowest BCUT2D eigenvalue weighted by atomic mass is 9.92. The highest BCUT2D eigenvalue weighted by Crippen LogP contribution is 2.40. The fraction of sp³-hybridized carbons (Fsp3) is 0.222. The first kappa shape index (κ1) is 21.3. The number of fused-ring (bicyclic) bond motifs is 1. The average molecular weight is 431 g/mol. The van der Waals surface area contributed by atoms with E-state index in [-0.39, 0.29) is 24.7 Å². The van der Waals surface area contributed by atoms with Crippen LogP contribution in [0.1, 0.15) is 33.9 Å². The van der Waals surface area contributed by atoms with Crippen LogP contribution in [0.5, 0.6) is 0 Å². The minimum Gasteiger partial charge on any atom is -0.480 e. The van der Waals surface area contributed by atoms with Gasteiger partial charge in [0.2, 0.25) is 0 Å². The molecule has 0 aromatic heterocycles. The highest BCUT2D eigenvalue weighted by atomic mass is 35.5. The molecule has 0 saturated carbocycles. The summed E-state index contributed by atoms with van der Waals surface area (Å²) in [6.07, 6.45) is 0.159. The molecule has 6 nitrogen and oxygen atoms in total. The smallest absolute Gasteiger partial charge is 0.326 e. The summed E-state index contributed by atoms with van der Waals surface area (Å²) in [4.78, 5) is 24.1. The van der Waals surface area contributed by atoms with E-state index in [0.29, 0.717) is 33.4 Å². The van der Waals surface area contributed by atoms with Gasteiger partial charge in [-0.1, -0.05) is 35.3 Å². The Balaban J connectivity index is 0.00000261. The van der Waals surface area contributed by atoms with Crippen molar-refractivity contribution in [2.45, 2.75) is 25.0 Å². The summed E-state index contributed by atoms with van der Waals surface area (Å²) < 4.78 is 0. The second kappa shape index (κ2) is 8.80. The van der Waals surface area contributed by atoms with Crippen molar-refractivity contribution in [2.24, 2.45) is 5.73 Å². The van der Waals surface area contributed by atoms with Gasteiger partial charge in [0.15, 0.2) is 0 Å². The summed E-state index contributed by atoms with van der Waals surface area (Å²) in [5, 5.41) is 15.9.